The summed E-state index contributed by atoms with van der Waals surface area (Å²) in [7, 11) is 0. The van der Waals surface area contributed by atoms with Crippen molar-refractivity contribution in [2.24, 2.45) is 5.73 Å². The molecular formula is C13H18N2O4S. The van der Waals surface area contributed by atoms with Gasteiger partial charge in [0, 0.05) is 18.3 Å². The smallest absolute Gasteiger partial charge is 0.371 e. The number of carbonyl (C=O) groups excluding carboxylic acids is 1. The van der Waals surface area contributed by atoms with E-state index in [1.54, 1.807) is 22.7 Å². The first-order valence-electron chi connectivity index (χ1n) is 6.51. The number of amides is 1. The third-order valence-corrected chi connectivity index (χ3v) is 4.55. The van der Waals surface area contributed by atoms with E-state index in [2.05, 4.69) is 0 Å². The molecule has 1 aromatic heterocycles. The highest BCUT2D eigenvalue weighted by Gasteiger charge is 2.23. The lowest BCUT2D eigenvalue weighted by molar-refractivity contribution is -0.130. The molecule has 0 aromatic carbocycles. The molecule has 1 saturated heterocycles. The van der Waals surface area contributed by atoms with E-state index >= 15 is 0 Å². The molecule has 1 fully saturated rings. The SMILES string of the molecule is NCC(=O)N1CCCC(SCc2ccc(C(=O)O)o2)C1. The van der Waals surface area contributed by atoms with Gasteiger partial charge in [0.15, 0.2) is 0 Å². The molecule has 1 aliphatic heterocycles. The minimum absolute atomic E-state index is 0.0125. The van der Waals surface area contributed by atoms with Gasteiger partial charge in [-0.1, -0.05) is 0 Å². The lowest BCUT2D eigenvalue weighted by Crippen LogP contribution is -2.43. The van der Waals surface area contributed by atoms with Gasteiger partial charge in [-0.25, -0.2) is 4.79 Å². The summed E-state index contributed by atoms with van der Waals surface area (Å²) in [5.41, 5.74) is 5.38. The van der Waals surface area contributed by atoms with Crippen LogP contribution in [0.3, 0.4) is 0 Å². The molecule has 0 spiro atoms. The van der Waals surface area contributed by atoms with Crippen LogP contribution in [0.25, 0.3) is 0 Å². The van der Waals surface area contributed by atoms with Crippen molar-refractivity contribution in [2.45, 2.75) is 23.8 Å². The molecular weight excluding hydrogens is 280 g/mol. The summed E-state index contributed by atoms with van der Waals surface area (Å²) in [6, 6.07) is 3.14. The molecule has 110 valence electrons. The Morgan fingerprint density at radius 2 is 2.30 bits per heavy atom. The van der Waals surface area contributed by atoms with Crippen LogP contribution in [0.2, 0.25) is 0 Å². The minimum atomic E-state index is -1.06. The zero-order valence-electron chi connectivity index (χ0n) is 11.1. The van der Waals surface area contributed by atoms with Crippen molar-refractivity contribution >= 4 is 23.6 Å². The first-order valence-corrected chi connectivity index (χ1v) is 7.56. The lowest BCUT2D eigenvalue weighted by atomic mass is 10.1. The quantitative estimate of drug-likeness (QED) is 0.846. The van der Waals surface area contributed by atoms with Gasteiger partial charge >= 0.3 is 5.97 Å². The standard InChI is InChI=1S/C13H18N2O4S/c14-6-12(16)15-5-1-2-10(7-15)20-8-9-3-4-11(19-9)13(17)18/h3-4,10H,1-2,5-8,14H2,(H,17,18). The van der Waals surface area contributed by atoms with Crippen LogP contribution in [0.5, 0.6) is 0 Å². The highest BCUT2D eigenvalue weighted by molar-refractivity contribution is 7.99. The first kappa shape index (κ1) is 14.9. The van der Waals surface area contributed by atoms with E-state index < -0.39 is 5.97 Å². The molecule has 2 heterocycles. The molecule has 0 bridgehead atoms. The average molecular weight is 298 g/mol. The Morgan fingerprint density at radius 1 is 1.50 bits per heavy atom. The molecule has 7 heteroatoms. The van der Waals surface area contributed by atoms with Crippen molar-refractivity contribution in [3.8, 4) is 0 Å². The second-order valence-corrected chi connectivity index (χ2v) is 5.98. The summed E-state index contributed by atoms with van der Waals surface area (Å²) in [6.45, 7) is 1.53. The fourth-order valence-corrected chi connectivity index (χ4v) is 3.37. The fourth-order valence-electron chi connectivity index (χ4n) is 2.20. The van der Waals surface area contributed by atoms with Gasteiger partial charge in [0.2, 0.25) is 11.7 Å². The Kier molecular flexibility index (Phi) is 5.08. The number of carboxylic acids is 1. The van der Waals surface area contributed by atoms with Gasteiger partial charge in [-0.05, 0) is 25.0 Å². The van der Waals surface area contributed by atoms with E-state index in [1.807, 2.05) is 0 Å². The maximum Gasteiger partial charge on any atom is 0.371 e. The number of rotatable bonds is 5. The van der Waals surface area contributed by atoms with Gasteiger partial charge < -0.3 is 20.2 Å². The number of nitrogens with zero attached hydrogens (tertiary/aromatic N) is 1. The molecule has 1 aliphatic rings. The molecule has 1 unspecified atom stereocenters. The van der Waals surface area contributed by atoms with E-state index in [4.69, 9.17) is 15.3 Å². The Hall–Kier alpha value is -1.47. The van der Waals surface area contributed by atoms with Crippen molar-refractivity contribution < 1.29 is 19.1 Å². The highest BCUT2D eigenvalue weighted by atomic mass is 32.2. The van der Waals surface area contributed by atoms with Gasteiger partial charge in [0.05, 0.1) is 12.3 Å². The lowest BCUT2D eigenvalue weighted by Gasteiger charge is -2.32. The van der Waals surface area contributed by atoms with Crippen LogP contribution in [0.15, 0.2) is 16.5 Å². The number of aromatic carboxylic acids is 1. The molecule has 0 saturated carbocycles. The van der Waals surface area contributed by atoms with E-state index in [1.165, 1.54) is 6.07 Å². The number of nitrogens with two attached hydrogens (primary N) is 1. The van der Waals surface area contributed by atoms with Gasteiger partial charge in [0.1, 0.15) is 5.76 Å². The van der Waals surface area contributed by atoms with Crippen molar-refractivity contribution in [2.75, 3.05) is 19.6 Å². The fraction of sp³-hybridized carbons (Fsp3) is 0.538. The number of likely N-dealkylation sites (tertiary alicyclic amines) is 1. The number of thioether (sulfide) groups is 1. The van der Waals surface area contributed by atoms with Crippen molar-refractivity contribution in [1.82, 2.24) is 4.90 Å². The van der Waals surface area contributed by atoms with Crippen molar-refractivity contribution in [3.05, 3.63) is 23.7 Å². The van der Waals surface area contributed by atoms with Crippen LogP contribution in [0.4, 0.5) is 0 Å². The van der Waals surface area contributed by atoms with E-state index in [9.17, 15) is 9.59 Å². The Morgan fingerprint density at radius 3 is 2.95 bits per heavy atom. The van der Waals surface area contributed by atoms with Crippen LogP contribution in [-0.4, -0.2) is 46.8 Å². The molecule has 20 heavy (non-hydrogen) atoms. The zero-order valence-corrected chi connectivity index (χ0v) is 11.9. The number of carboxylic acid groups (broad SMARTS) is 1. The predicted molar refractivity (Wildman–Crippen MR) is 75.6 cm³/mol. The second-order valence-electron chi connectivity index (χ2n) is 4.69. The summed E-state index contributed by atoms with van der Waals surface area (Å²) in [4.78, 5) is 24.1. The summed E-state index contributed by atoms with van der Waals surface area (Å²) in [5, 5.41) is 9.13. The Balaban J connectivity index is 1.83. The topological polar surface area (TPSA) is 96.8 Å². The minimum Gasteiger partial charge on any atom is -0.475 e. The van der Waals surface area contributed by atoms with E-state index in [0.29, 0.717) is 23.3 Å². The molecule has 1 atom stereocenters. The molecule has 1 amide bonds. The normalized spacial score (nSPS) is 19.1. The predicted octanol–water partition coefficient (Wildman–Crippen LogP) is 1.16. The molecule has 0 radical (unpaired) electrons. The maximum absolute atomic E-state index is 11.6. The van der Waals surface area contributed by atoms with E-state index in [0.717, 1.165) is 19.4 Å². The third kappa shape index (κ3) is 3.77. The first-order chi connectivity index (χ1) is 9.60. The third-order valence-electron chi connectivity index (χ3n) is 3.24. The second kappa shape index (κ2) is 6.81. The molecule has 1 aromatic rings. The summed E-state index contributed by atoms with van der Waals surface area (Å²) in [6.07, 6.45) is 2.02. The van der Waals surface area contributed by atoms with Gasteiger partial charge in [-0.3, -0.25) is 4.79 Å². The van der Waals surface area contributed by atoms with E-state index in [-0.39, 0.29) is 18.2 Å². The van der Waals surface area contributed by atoms with Crippen LogP contribution in [0, 0.1) is 0 Å². The average Bonchev–Trinajstić information content (AvgIpc) is 2.93. The Bertz CT molecular complexity index is 488. The molecule has 2 rings (SSSR count). The van der Waals surface area contributed by atoms with Crippen LogP contribution >= 0.6 is 11.8 Å². The molecule has 0 aliphatic carbocycles. The largest absolute Gasteiger partial charge is 0.475 e. The Labute approximate surface area is 121 Å². The number of furan rings is 1. The monoisotopic (exact) mass is 298 g/mol. The molecule has 6 nitrogen and oxygen atoms in total. The summed E-state index contributed by atoms with van der Waals surface area (Å²) >= 11 is 1.69. The van der Waals surface area contributed by atoms with Gasteiger partial charge in [-0.2, -0.15) is 0 Å². The van der Waals surface area contributed by atoms with Gasteiger partial charge in [0.25, 0.3) is 0 Å². The van der Waals surface area contributed by atoms with Crippen molar-refractivity contribution in [3.63, 3.8) is 0 Å². The maximum atomic E-state index is 11.6. The zero-order chi connectivity index (χ0) is 14.5. The number of carbonyl (C=O) groups is 2. The molecule has 3 N–H and O–H groups in total. The van der Waals surface area contributed by atoms with Crippen LogP contribution in [-0.2, 0) is 10.5 Å². The van der Waals surface area contributed by atoms with Crippen LogP contribution < -0.4 is 5.73 Å². The number of hydrogen-bond acceptors (Lipinski definition) is 5. The number of piperidine rings is 1. The van der Waals surface area contributed by atoms with Crippen molar-refractivity contribution in [1.29, 1.82) is 0 Å². The van der Waals surface area contributed by atoms with Crippen LogP contribution in [0.1, 0.15) is 29.2 Å². The number of hydrogen-bond donors (Lipinski definition) is 2. The summed E-state index contributed by atoms with van der Waals surface area (Å²) in [5.74, 6) is 0.154. The summed E-state index contributed by atoms with van der Waals surface area (Å²) < 4.78 is 5.21. The highest BCUT2D eigenvalue weighted by Crippen LogP contribution is 2.26. The van der Waals surface area contributed by atoms with Gasteiger partial charge in [-0.15, -0.1) is 11.8 Å².